The van der Waals surface area contributed by atoms with Gasteiger partial charge in [-0.3, -0.25) is 4.79 Å². The van der Waals surface area contributed by atoms with Crippen LogP contribution in [-0.4, -0.2) is 26.6 Å². The average molecular weight is 327 g/mol. The minimum Gasteiger partial charge on any atom is -0.423 e. The van der Waals surface area contributed by atoms with Crippen LogP contribution in [0.4, 0.5) is 5.69 Å². The number of anilines is 1. The molecule has 0 amide bonds. The standard InChI is InChI=1S/C14H26N2OSSi2/c1-8-11-9-12(10-15-13(11)14(17)18)16(19(2,3)4)20(5,6)7/h9-10H,8H2,1-7H3,(H,17,18). The van der Waals surface area contributed by atoms with Gasteiger partial charge < -0.3 is 4.23 Å². The molecule has 1 heterocycles. The normalized spacial score (nSPS) is 12.4. The number of nitrogens with zero attached hydrogens (tertiary/aromatic N) is 2. The Morgan fingerprint density at radius 2 is 1.70 bits per heavy atom. The van der Waals surface area contributed by atoms with E-state index in [0.29, 0.717) is 5.69 Å². The zero-order valence-corrected chi connectivity index (χ0v) is 16.5. The summed E-state index contributed by atoms with van der Waals surface area (Å²) < 4.78 is 2.61. The zero-order chi connectivity index (χ0) is 15.7. The van der Waals surface area contributed by atoms with Crippen LogP contribution in [0.3, 0.4) is 0 Å². The first kappa shape index (κ1) is 17.5. The van der Waals surface area contributed by atoms with Gasteiger partial charge in [-0.05, 0) is 18.1 Å². The molecule has 1 aromatic rings. The highest BCUT2D eigenvalue weighted by Gasteiger charge is 2.35. The molecule has 0 atom stereocenters. The summed E-state index contributed by atoms with van der Waals surface area (Å²) in [5.41, 5.74) is 2.65. The number of aryl methyl sites for hydroxylation is 1. The van der Waals surface area contributed by atoms with Crippen molar-refractivity contribution >= 4 is 39.9 Å². The van der Waals surface area contributed by atoms with E-state index in [-0.39, 0.29) is 5.12 Å². The quantitative estimate of drug-likeness (QED) is 0.650. The van der Waals surface area contributed by atoms with E-state index in [4.69, 9.17) is 0 Å². The highest BCUT2D eigenvalue weighted by Crippen LogP contribution is 2.29. The van der Waals surface area contributed by atoms with Crippen LogP contribution in [0.1, 0.15) is 23.0 Å². The molecule has 0 unspecified atom stereocenters. The number of pyridine rings is 1. The van der Waals surface area contributed by atoms with Crippen LogP contribution < -0.4 is 4.23 Å². The van der Waals surface area contributed by atoms with Gasteiger partial charge in [0.05, 0.1) is 0 Å². The van der Waals surface area contributed by atoms with E-state index < -0.39 is 16.5 Å². The molecule has 0 fully saturated rings. The van der Waals surface area contributed by atoms with E-state index in [1.807, 2.05) is 13.1 Å². The molecule has 0 spiro atoms. The predicted molar refractivity (Wildman–Crippen MR) is 96.1 cm³/mol. The molecule has 20 heavy (non-hydrogen) atoms. The molecule has 0 aliphatic heterocycles. The molecule has 0 saturated carbocycles. The van der Waals surface area contributed by atoms with Crippen molar-refractivity contribution in [3.63, 3.8) is 0 Å². The van der Waals surface area contributed by atoms with Crippen LogP contribution in [0, 0.1) is 0 Å². The lowest BCUT2D eigenvalue weighted by atomic mass is 10.1. The van der Waals surface area contributed by atoms with Gasteiger partial charge in [-0.15, -0.1) is 0 Å². The zero-order valence-electron chi connectivity index (χ0n) is 13.6. The van der Waals surface area contributed by atoms with Crippen molar-refractivity contribution in [2.24, 2.45) is 0 Å². The molecule has 0 N–H and O–H groups in total. The van der Waals surface area contributed by atoms with E-state index in [1.54, 1.807) is 0 Å². The van der Waals surface area contributed by atoms with E-state index in [2.05, 4.69) is 67.2 Å². The van der Waals surface area contributed by atoms with Gasteiger partial charge in [-0.25, -0.2) is 4.98 Å². The molecule has 1 rings (SSSR count). The molecule has 3 nitrogen and oxygen atoms in total. The fourth-order valence-corrected chi connectivity index (χ4v) is 12.9. The summed E-state index contributed by atoms with van der Waals surface area (Å²) in [7, 11) is -2.98. The third-order valence-corrected chi connectivity index (χ3v) is 10.6. The SMILES string of the molecule is CCc1cc(N([Si](C)(C)C)[Si](C)(C)C)cnc1C(=O)S. The fraction of sp³-hybridized carbons (Fsp3) is 0.571. The highest BCUT2D eigenvalue weighted by atomic mass is 32.1. The maximum Gasteiger partial charge on any atom is 0.234 e. The van der Waals surface area contributed by atoms with Crippen LogP contribution in [0.5, 0.6) is 0 Å². The highest BCUT2D eigenvalue weighted by molar-refractivity contribution is 7.97. The summed E-state index contributed by atoms with van der Waals surface area (Å²) in [6.07, 6.45) is 2.65. The van der Waals surface area contributed by atoms with Crippen LogP contribution in [0.2, 0.25) is 39.3 Å². The first-order valence-corrected chi connectivity index (χ1v) is 14.3. The lowest BCUT2D eigenvalue weighted by Crippen LogP contribution is -2.59. The molecule has 0 radical (unpaired) electrons. The molecule has 0 saturated heterocycles. The number of carbonyl (C=O) groups excluding carboxylic acids is 1. The molecule has 0 aliphatic carbocycles. The average Bonchev–Trinajstić information content (AvgIpc) is 2.24. The van der Waals surface area contributed by atoms with Gasteiger partial charge in [0.15, 0.2) is 0 Å². The minimum atomic E-state index is -1.49. The number of rotatable bonds is 5. The number of hydrogen-bond acceptors (Lipinski definition) is 3. The second kappa shape index (κ2) is 6.03. The lowest BCUT2D eigenvalue weighted by molar-refractivity contribution is 0.108. The Labute approximate surface area is 130 Å². The van der Waals surface area contributed by atoms with Gasteiger partial charge in [0, 0.05) is 11.9 Å². The van der Waals surface area contributed by atoms with E-state index in [1.165, 1.54) is 5.69 Å². The first-order valence-electron chi connectivity index (χ1n) is 7.01. The van der Waals surface area contributed by atoms with Crippen molar-refractivity contribution < 1.29 is 4.79 Å². The summed E-state index contributed by atoms with van der Waals surface area (Å²) in [5, 5.41) is -0.249. The summed E-state index contributed by atoms with van der Waals surface area (Å²) in [6, 6.07) is 2.13. The summed E-state index contributed by atoms with van der Waals surface area (Å²) >= 11 is 3.91. The number of thiol groups is 1. The topological polar surface area (TPSA) is 33.2 Å². The van der Waals surface area contributed by atoms with Crippen molar-refractivity contribution in [3.05, 3.63) is 23.5 Å². The molecule has 6 heteroatoms. The second-order valence-electron chi connectivity index (χ2n) is 7.04. The van der Waals surface area contributed by atoms with Crippen molar-refractivity contribution in [2.75, 3.05) is 4.23 Å². The maximum atomic E-state index is 11.5. The monoisotopic (exact) mass is 326 g/mol. The first-order chi connectivity index (χ1) is 8.98. The van der Waals surface area contributed by atoms with Gasteiger partial charge in [0.25, 0.3) is 0 Å². The maximum absolute atomic E-state index is 11.5. The Hall–Kier alpha value is -0.596. The van der Waals surface area contributed by atoms with E-state index >= 15 is 0 Å². The minimum absolute atomic E-state index is 0.249. The Balaban J connectivity index is 3.40. The molecular weight excluding hydrogens is 300 g/mol. The Bertz CT molecular complexity index is 493. The molecule has 112 valence electrons. The summed E-state index contributed by atoms with van der Waals surface area (Å²) in [6.45, 7) is 16.2. The Morgan fingerprint density at radius 1 is 1.20 bits per heavy atom. The summed E-state index contributed by atoms with van der Waals surface area (Å²) in [5.74, 6) is 0. The smallest absolute Gasteiger partial charge is 0.234 e. The second-order valence-corrected chi connectivity index (χ2v) is 17.5. The van der Waals surface area contributed by atoms with Gasteiger partial charge in [0.1, 0.15) is 22.2 Å². The van der Waals surface area contributed by atoms with Crippen molar-refractivity contribution in [3.8, 4) is 0 Å². The number of hydrogen-bond donors (Lipinski definition) is 1. The Morgan fingerprint density at radius 3 is 2.05 bits per heavy atom. The third kappa shape index (κ3) is 3.96. The fourth-order valence-electron chi connectivity index (χ4n) is 2.86. The lowest BCUT2D eigenvalue weighted by Gasteiger charge is -2.45. The largest absolute Gasteiger partial charge is 0.423 e. The number of carbonyl (C=O) groups is 1. The van der Waals surface area contributed by atoms with E-state index in [9.17, 15) is 4.79 Å². The van der Waals surface area contributed by atoms with Gasteiger partial charge in [-0.1, -0.05) is 58.8 Å². The van der Waals surface area contributed by atoms with Crippen molar-refractivity contribution in [1.29, 1.82) is 0 Å². The third-order valence-electron chi connectivity index (χ3n) is 3.14. The molecular formula is C14H26N2OSSi2. The van der Waals surface area contributed by atoms with Crippen LogP contribution >= 0.6 is 12.6 Å². The summed E-state index contributed by atoms with van der Waals surface area (Å²) in [4.78, 5) is 15.9. The van der Waals surface area contributed by atoms with Crippen LogP contribution in [-0.2, 0) is 6.42 Å². The van der Waals surface area contributed by atoms with Crippen LogP contribution in [0.15, 0.2) is 12.3 Å². The van der Waals surface area contributed by atoms with Crippen LogP contribution in [0.25, 0.3) is 0 Å². The predicted octanol–water partition coefficient (Wildman–Crippen LogP) is 4.19. The molecule has 1 aromatic heterocycles. The number of aromatic nitrogens is 1. The van der Waals surface area contributed by atoms with Gasteiger partial charge in [0.2, 0.25) is 5.12 Å². The van der Waals surface area contributed by atoms with E-state index in [0.717, 1.165) is 12.0 Å². The molecule has 0 aliphatic rings. The van der Waals surface area contributed by atoms with Gasteiger partial charge >= 0.3 is 0 Å². The Kier molecular flexibility index (Phi) is 5.26. The van der Waals surface area contributed by atoms with Gasteiger partial charge in [-0.2, -0.15) is 0 Å². The van der Waals surface area contributed by atoms with Crippen molar-refractivity contribution in [1.82, 2.24) is 4.98 Å². The molecule has 0 bridgehead atoms. The molecule has 0 aromatic carbocycles. The van der Waals surface area contributed by atoms with Crippen molar-refractivity contribution in [2.45, 2.75) is 52.6 Å².